The lowest BCUT2D eigenvalue weighted by Crippen LogP contribution is -2.37. The Bertz CT molecular complexity index is 351. The molecule has 1 aliphatic heterocycles. The van der Waals surface area contributed by atoms with E-state index in [4.69, 9.17) is 0 Å². The minimum atomic E-state index is -0.247. The fraction of sp³-hybridized carbons (Fsp3) is 0.600. The van der Waals surface area contributed by atoms with Gasteiger partial charge in [0.15, 0.2) is 0 Å². The molecular formula is C15H23NO. The van der Waals surface area contributed by atoms with Crippen molar-refractivity contribution in [2.24, 2.45) is 0 Å². The molecule has 2 unspecified atom stereocenters. The zero-order chi connectivity index (χ0) is 12.1. The van der Waals surface area contributed by atoms with Crippen LogP contribution in [0.5, 0.6) is 0 Å². The Balaban J connectivity index is 2.02. The lowest BCUT2D eigenvalue weighted by atomic mass is 9.89. The Kier molecular flexibility index (Phi) is 4.57. The van der Waals surface area contributed by atoms with E-state index in [1.807, 2.05) is 0 Å². The summed E-state index contributed by atoms with van der Waals surface area (Å²) in [5, 5.41) is 13.7. The lowest BCUT2D eigenvalue weighted by Gasteiger charge is -2.30. The molecule has 1 aromatic carbocycles. The summed E-state index contributed by atoms with van der Waals surface area (Å²) in [5.74, 6) is 0. The molecule has 2 nitrogen and oxygen atoms in total. The highest BCUT2D eigenvalue weighted by atomic mass is 16.3. The van der Waals surface area contributed by atoms with E-state index in [9.17, 15) is 5.11 Å². The number of nitrogens with one attached hydrogen (secondary N) is 1. The van der Waals surface area contributed by atoms with Gasteiger partial charge in [-0.05, 0) is 30.5 Å². The summed E-state index contributed by atoms with van der Waals surface area (Å²) in [6, 6.07) is 8.62. The molecule has 2 heteroatoms. The molecule has 0 aromatic heterocycles. The average Bonchev–Trinajstić information content (AvgIpc) is 2.38. The van der Waals surface area contributed by atoms with Gasteiger partial charge < -0.3 is 10.4 Å². The molecule has 0 fully saturated rings. The third kappa shape index (κ3) is 3.08. The van der Waals surface area contributed by atoms with Crippen molar-refractivity contribution in [3.05, 3.63) is 35.4 Å². The van der Waals surface area contributed by atoms with Crippen LogP contribution in [0.3, 0.4) is 0 Å². The highest BCUT2D eigenvalue weighted by molar-refractivity contribution is 5.33. The number of fused-ring (bicyclic) bond motifs is 1. The first kappa shape index (κ1) is 12.6. The molecule has 1 aromatic rings. The van der Waals surface area contributed by atoms with Crippen LogP contribution in [-0.2, 0) is 6.42 Å². The van der Waals surface area contributed by atoms with Gasteiger partial charge in [0.05, 0.1) is 12.1 Å². The van der Waals surface area contributed by atoms with Gasteiger partial charge in [-0.1, -0.05) is 50.5 Å². The Hall–Kier alpha value is -0.860. The number of hydrogen-bond acceptors (Lipinski definition) is 2. The maximum atomic E-state index is 10.3. The molecule has 0 amide bonds. The predicted molar refractivity (Wildman–Crippen MR) is 71.0 cm³/mol. The largest absolute Gasteiger partial charge is 0.391 e. The normalized spacial score (nSPS) is 20.9. The van der Waals surface area contributed by atoms with Crippen molar-refractivity contribution >= 4 is 0 Å². The molecule has 0 spiro atoms. The Labute approximate surface area is 104 Å². The number of hydrogen-bond donors (Lipinski definition) is 2. The summed E-state index contributed by atoms with van der Waals surface area (Å²) in [7, 11) is 0. The second-order valence-corrected chi connectivity index (χ2v) is 4.94. The molecule has 0 saturated carbocycles. The number of unbranched alkanes of at least 4 members (excludes halogenated alkanes) is 2. The molecule has 94 valence electrons. The third-order valence-corrected chi connectivity index (χ3v) is 3.64. The van der Waals surface area contributed by atoms with E-state index in [1.54, 1.807) is 0 Å². The number of aliphatic hydroxyl groups excluding tert-OH is 1. The van der Waals surface area contributed by atoms with Crippen molar-refractivity contribution in [3.8, 4) is 0 Å². The van der Waals surface area contributed by atoms with Gasteiger partial charge in [0, 0.05) is 0 Å². The maximum Gasteiger partial charge on any atom is 0.0735 e. The van der Waals surface area contributed by atoms with E-state index >= 15 is 0 Å². The fourth-order valence-corrected chi connectivity index (χ4v) is 2.65. The molecule has 2 N–H and O–H groups in total. The van der Waals surface area contributed by atoms with Gasteiger partial charge in [-0.2, -0.15) is 0 Å². The zero-order valence-electron chi connectivity index (χ0n) is 10.7. The van der Waals surface area contributed by atoms with Crippen molar-refractivity contribution < 1.29 is 5.11 Å². The van der Waals surface area contributed by atoms with Gasteiger partial charge in [-0.3, -0.25) is 0 Å². The molecule has 1 heterocycles. The van der Waals surface area contributed by atoms with Gasteiger partial charge in [0.25, 0.3) is 0 Å². The molecular weight excluding hydrogens is 210 g/mol. The van der Waals surface area contributed by atoms with Crippen molar-refractivity contribution in [1.82, 2.24) is 5.32 Å². The minimum absolute atomic E-state index is 0.136. The smallest absolute Gasteiger partial charge is 0.0735 e. The summed E-state index contributed by atoms with van der Waals surface area (Å²) < 4.78 is 0. The second kappa shape index (κ2) is 6.18. The first-order valence-corrected chi connectivity index (χ1v) is 6.82. The summed E-state index contributed by atoms with van der Waals surface area (Å²) >= 11 is 0. The van der Waals surface area contributed by atoms with Gasteiger partial charge in [0.2, 0.25) is 0 Å². The van der Waals surface area contributed by atoms with Crippen LogP contribution in [0.15, 0.2) is 24.3 Å². The van der Waals surface area contributed by atoms with E-state index in [-0.39, 0.29) is 12.1 Å². The molecule has 0 saturated heterocycles. The Morgan fingerprint density at radius 1 is 1.35 bits per heavy atom. The molecule has 0 radical (unpaired) electrons. The van der Waals surface area contributed by atoms with E-state index in [0.717, 1.165) is 25.8 Å². The van der Waals surface area contributed by atoms with Crippen LogP contribution in [0.4, 0.5) is 0 Å². The van der Waals surface area contributed by atoms with Crippen molar-refractivity contribution in [2.45, 2.75) is 51.2 Å². The van der Waals surface area contributed by atoms with Crippen LogP contribution in [-0.4, -0.2) is 17.8 Å². The van der Waals surface area contributed by atoms with Crippen molar-refractivity contribution in [3.63, 3.8) is 0 Å². The third-order valence-electron chi connectivity index (χ3n) is 3.64. The van der Waals surface area contributed by atoms with Gasteiger partial charge in [-0.15, -0.1) is 0 Å². The van der Waals surface area contributed by atoms with Crippen LogP contribution in [0.2, 0.25) is 0 Å². The average molecular weight is 233 g/mol. The van der Waals surface area contributed by atoms with E-state index in [0.29, 0.717) is 0 Å². The monoisotopic (exact) mass is 233 g/mol. The number of benzene rings is 1. The lowest BCUT2D eigenvalue weighted by molar-refractivity contribution is 0.112. The summed E-state index contributed by atoms with van der Waals surface area (Å²) in [6.45, 7) is 3.17. The van der Waals surface area contributed by atoms with Crippen LogP contribution in [0.25, 0.3) is 0 Å². The Morgan fingerprint density at radius 3 is 3.00 bits per heavy atom. The van der Waals surface area contributed by atoms with E-state index in [2.05, 4.69) is 36.5 Å². The molecule has 0 bridgehead atoms. The molecule has 0 aliphatic carbocycles. The van der Waals surface area contributed by atoms with Crippen LogP contribution in [0.1, 0.15) is 49.8 Å². The second-order valence-electron chi connectivity index (χ2n) is 4.94. The fourth-order valence-electron chi connectivity index (χ4n) is 2.65. The van der Waals surface area contributed by atoms with Gasteiger partial charge >= 0.3 is 0 Å². The minimum Gasteiger partial charge on any atom is -0.391 e. The molecule has 2 atom stereocenters. The maximum absolute atomic E-state index is 10.3. The summed E-state index contributed by atoms with van der Waals surface area (Å²) in [4.78, 5) is 0. The van der Waals surface area contributed by atoms with Gasteiger partial charge in [-0.25, -0.2) is 0 Å². The van der Waals surface area contributed by atoms with Crippen LogP contribution >= 0.6 is 0 Å². The zero-order valence-corrected chi connectivity index (χ0v) is 10.7. The summed E-state index contributed by atoms with van der Waals surface area (Å²) in [6.07, 6.45) is 5.28. The highest BCUT2D eigenvalue weighted by Crippen LogP contribution is 2.27. The topological polar surface area (TPSA) is 32.3 Å². The predicted octanol–water partition coefficient (Wildman–Crippen LogP) is 2.81. The van der Waals surface area contributed by atoms with Gasteiger partial charge in [0.1, 0.15) is 0 Å². The summed E-state index contributed by atoms with van der Waals surface area (Å²) in [5.41, 5.74) is 2.69. The first-order chi connectivity index (χ1) is 8.33. The van der Waals surface area contributed by atoms with E-state index < -0.39 is 0 Å². The van der Waals surface area contributed by atoms with E-state index in [1.165, 1.54) is 24.0 Å². The van der Waals surface area contributed by atoms with Crippen molar-refractivity contribution in [1.29, 1.82) is 0 Å². The number of aliphatic hydroxyl groups is 1. The quantitative estimate of drug-likeness (QED) is 0.766. The van der Waals surface area contributed by atoms with Crippen LogP contribution < -0.4 is 5.32 Å². The standard InChI is InChI=1S/C15H23NO/c1-2-3-4-9-14(17)15-13-8-6-5-7-12(13)10-11-16-15/h5-8,14-17H,2-4,9-11H2,1H3. The molecule has 17 heavy (non-hydrogen) atoms. The number of rotatable bonds is 5. The highest BCUT2D eigenvalue weighted by Gasteiger charge is 2.25. The molecule has 2 rings (SSSR count). The molecule has 1 aliphatic rings. The van der Waals surface area contributed by atoms with Crippen molar-refractivity contribution in [2.75, 3.05) is 6.54 Å². The SMILES string of the molecule is CCCCCC(O)C1NCCc2ccccc21. The van der Waals surface area contributed by atoms with Crippen LogP contribution in [0, 0.1) is 0 Å². The Morgan fingerprint density at radius 2 is 2.18 bits per heavy atom. The first-order valence-electron chi connectivity index (χ1n) is 6.82.